The highest BCUT2D eigenvalue weighted by Gasteiger charge is 2.30. The Kier molecular flexibility index (Phi) is 4.64. The molecule has 0 N–H and O–H groups in total. The largest absolute Gasteiger partial charge is 0.296 e. The van der Waals surface area contributed by atoms with Crippen LogP contribution in [0.1, 0.15) is 24.0 Å². The van der Waals surface area contributed by atoms with Gasteiger partial charge in [-0.1, -0.05) is 72.6 Å². The van der Waals surface area contributed by atoms with E-state index in [0.717, 1.165) is 39.8 Å². The molecule has 1 aromatic carbocycles. The van der Waals surface area contributed by atoms with E-state index in [4.69, 9.17) is 22.3 Å². The van der Waals surface area contributed by atoms with Gasteiger partial charge in [0.1, 0.15) is 9.33 Å². The summed E-state index contributed by atoms with van der Waals surface area (Å²) in [5.74, 6) is -0.0852. The van der Waals surface area contributed by atoms with E-state index in [1.54, 1.807) is 18.4 Å². The van der Waals surface area contributed by atoms with Crippen LogP contribution >= 0.6 is 35.3 Å². The molecule has 5 nitrogen and oxygen atoms in total. The monoisotopic (exact) mass is 400 g/mol. The summed E-state index contributed by atoms with van der Waals surface area (Å²) in [5.41, 5.74) is 2.65. The Hall–Kier alpha value is -2.03. The molecule has 26 heavy (non-hydrogen) atoms. The zero-order valence-electron chi connectivity index (χ0n) is 14.3. The number of thiocarbonyl (C=S) groups is 1. The van der Waals surface area contributed by atoms with Crippen molar-refractivity contribution >= 4 is 56.6 Å². The van der Waals surface area contributed by atoms with Crippen LogP contribution in [0.3, 0.4) is 0 Å². The molecule has 1 aliphatic heterocycles. The molecule has 0 saturated carbocycles. The third-order valence-corrected chi connectivity index (χ3v) is 6.50. The first-order chi connectivity index (χ1) is 12.6. The van der Waals surface area contributed by atoms with Gasteiger partial charge in [-0.15, -0.1) is 0 Å². The number of fused-ring (bicyclic) bond motifs is 1. The number of aromatic nitrogens is 3. The minimum atomic E-state index is -0.0852. The van der Waals surface area contributed by atoms with E-state index >= 15 is 0 Å². The van der Waals surface area contributed by atoms with Crippen molar-refractivity contribution in [3.8, 4) is 11.3 Å². The van der Waals surface area contributed by atoms with Crippen molar-refractivity contribution < 1.29 is 4.79 Å². The highest BCUT2D eigenvalue weighted by atomic mass is 32.2. The van der Waals surface area contributed by atoms with E-state index in [2.05, 4.69) is 6.92 Å². The molecule has 132 valence electrons. The molecule has 3 heterocycles. The van der Waals surface area contributed by atoms with Gasteiger partial charge in [0, 0.05) is 19.0 Å². The number of benzene rings is 1. The van der Waals surface area contributed by atoms with Crippen LogP contribution in [0.15, 0.2) is 35.2 Å². The second-order valence-corrected chi connectivity index (χ2v) is 8.61. The minimum Gasteiger partial charge on any atom is -0.296 e. The normalized spacial score (nSPS) is 16.4. The van der Waals surface area contributed by atoms with Crippen molar-refractivity contribution in [3.05, 3.63) is 45.9 Å². The molecule has 0 radical (unpaired) electrons. The maximum atomic E-state index is 12.4. The van der Waals surface area contributed by atoms with Crippen LogP contribution in [0.25, 0.3) is 22.3 Å². The van der Waals surface area contributed by atoms with Crippen LogP contribution in [-0.2, 0) is 11.2 Å². The lowest BCUT2D eigenvalue weighted by Crippen LogP contribution is -2.22. The molecule has 4 rings (SSSR count). The van der Waals surface area contributed by atoms with Gasteiger partial charge in [0.2, 0.25) is 4.96 Å². The lowest BCUT2D eigenvalue weighted by Gasteiger charge is -2.03. The second kappa shape index (κ2) is 6.94. The van der Waals surface area contributed by atoms with Crippen LogP contribution in [0.4, 0.5) is 0 Å². The summed E-state index contributed by atoms with van der Waals surface area (Å²) in [7, 11) is 1.70. The number of hydrogen-bond acceptors (Lipinski definition) is 6. The van der Waals surface area contributed by atoms with Gasteiger partial charge in [-0.2, -0.15) is 5.10 Å². The number of amides is 1. The predicted molar refractivity (Wildman–Crippen MR) is 111 cm³/mol. The van der Waals surface area contributed by atoms with Crippen molar-refractivity contribution in [2.75, 3.05) is 7.05 Å². The molecule has 1 aliphatic rings. The highest BCUT2D eigenvalue weighted by molar-refractivity contribution is 8.26. The highest BCUT2D eigenvalue weighted by Crippen LogP contribution is 2.35. The summed E-state index contributed by atoms with van der Waals surface area (Å²) in [6, 6.07) is 9.97. The van der Waals surface area contributed by atoms with Gasteiger partial charge in [0.05, 0.1) is 16.3 Å². The Morgan fingerprint density at radius 3 is 2.69 bits per heavy atom. The number of imidazole rings is 1. The molecule has 0 bridgehead atoms. The van der Waals surface area contributed by atoms with E-state index < -0.39 is 0 Å². The van der Waals surface area contributed by atoms with Gasteiger partial charge in [-0.3, -0.25) is 9.69 Å². The van der Waals surface area contributed by atoms with Crippen LogP contribution in [0.2, 0.25) is 0 Å². The summed E-state index contributed by atoms with van der Waals surface area (Å²) in [6.07, 6.45) is 3.82. The Morgan fingerprint density at radius 2 is 2.04 bits per heavy atom. The Morgan fingerprint density at radius 1 is 1.27 bits per heavy atom. The van der Waals surface area contributed by atoms with E-state index in [9.17, 15) is 4.79 Å². The summed E-state index contributed by atoms with van der Waals surface area (Å²) >= 11 is 8.15. The van der Waals surface area contributed by atoms with Crippen LogP contribution in [0.5, 0.6) is 0 Å². The summed E-state index contributed by atoms with van der Waals surface area (Å²) in [4.78, 5) is 20.2. The number of aryl methyl sites for hydroxylation is 1. The Balaban J connectivity index is 1.90. The Labute approximate surface area is 164 Å². The summed E-state index contributed by atoms with van der Waals surface area (Å²) in [5, 5.41) is 5.76. The molecule has 1 saturated heterocycles. The van der Waals surface area contributed by atoms with Crippen molar-refractivity contribution in [1.29, 1.82) is 0 Å². The van der Waals surface area contributed by atoms with Crippen LogP contribution < -0.4 is 0 Å². The number of rotatable bonds is 4. The number of likely N-dealkylation sites (N-methyl/N-ethyl adjacent to an activating group) is 1. The van der Waals surface area contributed by atoms with E-state index in [1.165, 1.54) is 16.7 Å². The standard InChI is InChI=1S/C18H16N4OS3/c1-3-7-14-20-22-12(10-13-16(23)21(2)18(24)25-13)15(19-17(22)26-14)11-8-5-4-6-9-11/h4-6,8-10H,3,7H2,1-2H3/b13-10-. The quantitative estimate of drug-likeness (QED) is 0.484. The fraction of sp³-hybridized carbons (Fsp3) is 0.222. The van der Waals surface area contributed by atoms with E-state index in [1.807, 2.05) is 40.9 Å². The molecule has 8 heteroatoms. The smallest absolute Gasteiger partial charge is 0.265 e. The summed E-state index contributed by atoms with van der Waals surface area (Å²) in [6.45, 7) is 2.13. The second-order valence-electron chi connectivity index (χ2n) is 5.89. The molecule has 3 aromatic rings. The van der Waals surface area contributed by atoms with Crippen molar-refractivity contribution in [1.82, 2.24) is 19.5 Å². The molecule has 1 fully saturated rings. The average molecular weight is 401 g/mol. The number of thioether (sulfide) groups is 1. The molecule has 2 aromatic heterocycles. The molecular weight excluding hydrogens is 384 g/mol. The van der Waals surface area contributed by atoms with E-state index in [-0.39, 0.29) is 5.91 Å². The molecule has 0 unspecified atom stereocenters. The van der Waals surface area contributed by atoms with Gasteiger partial charge < -0.3 is 0 Å². The maximum Gasteiger partial charge on any atom is 0.265 e. The minimum absolute atomic E-state index is 0.0852. The van der Waals surface area contributed by atoms with E-state index in [0.29, 0.717) is 9.23 Å². The van der Waals surface area contributed by atoms with Crippen LogP contribution in [0, 0.1) is 0 Å². The lowest BCUT2D eigenvalue weighted by atomic mass is 10.1. The summed E-state index contributed by atoms with van der Waals surface area (Å²) < 4.78 is 2.41. The molecular formula is C18H16N4OS3. The van der Waals surface area contributed by atoms with Gasteiger partial charge in [-0.05, 0) is 12.5 Å². The first-order valence-electron chi connectivity index (χ1n) is 8.24. The average Bonchev–Trinajstić information content (AvgIpc) is 3.25. The molecule has 0 aliphatic carbocycles. The zero-order valence-corrected chi connectivity index (χ0v) is 16.7. The first kappa shape index (κ1) is 17.4. The van der Waals surface area contributed by atoms with Crippen molar-refractivity contribution in [2.24, 2.45) is 0 Å². The van der Waals surface area contributed by atoms with Gasteiger partial charge >= 0.3 is 0 Å². The van der Waals surface area contributed by atoms with Gasteiger partial charge in [0.25, 0.3) is 5.91 Å². The maximum absolute atomic E-state index is 12.4. The molecule has 1 amide bonds. The Bertz CT molecular complexity index is 1040. The number of carbonyl (C=O) groups excluding carboxylic acids is 1. The first-order valence-corrected chi connectivity index (χ1v) is 10.3. The van der Waals surface area contributed by atoms with Gasteiger partial charge in [-0.25, -0.2) is 9.50 Å². The SMILES string of the molecule is CCCc1nn2c(/C=C3\SC(=S)N(C)C3=O)c(-c3ccccc3)nc2s1. The van der Waals surface area contributed by atoms with Crippen molar-refractivity contribution in [3.63, 3.8) is 0 Å². The number of nitrogens with zero attached hydrogens (tertiary/aromatic N) is 4. The van der Waals surface area contributed by atoms with Crippen LogP contribution in [-0.4, -0.2) is 36.8 Å². The fourth-order valence-electron chi connectivity index (χ4n) is 2.73. The number of carbonyl (C=O) groups is 1. The third-order valence-electron chi connectivity index (χ3n) is 4.05. The third kappa shape index (κ3) is 2.98. The fourth-order valence-corrected chi connectivity index (χ4v) is 4.88. The number of hydrogen-bond donors (Lipinski definition) is 0. The topological polar surface area (TPSA) is 50.5 Å². The lowest BCUT2D eigenvalue weighted by molar-refractivity contribution is -0.121. The van der Waals surface area contributed by atoms with Gasteiger partial charge in [0.15, 0.2) is 0 Å². The molecule has 0 spiro atoms. The van der Waals surface area contributed by atoms with Crippen molar-refractivity contribution in [2.45, 2.75) is 19.8 Å². The zero-order chi connectivity index (χ0) is 18.3. The predicted octanol–water partition coefficient (Wildman–Crippen LogP) is 4.24. The molecule has 0 atom stereocenters.